The Balaban J connectivity index is 1.42. The Hall–Kier alpha value is -4.28. The number of amides is 3. The third kappa shape index (κ3) is 9.51. The number of hydrazone groups is 1. The maximum Gasteiger partial charge on any atom is 0.329 e. The van der Waals surface area contributed by atoms with Crippen molar-refractivity contribution in [2.75, 3.05) is 32.7 Å². The van der Waals surface area contributed by atoms with Gasteiger partial charge in [-0.2, -0.15) is 5.10 Å². The number of hydrogen-bond donors (Lipinski definition) is 3. The number of nitrogens with zero attached hydrogens (tertiary/aromatic N) is 1. The maximum atomic E-state index is 12.2. The van der Waals surface area contributed by atoms with E-state index in [2.05, 4.69) is 21.2 Å². The van der Waals surface area contributed by atoms with Crippen molar-refractivity contribution in [2.24, 2.45) is 5.10 Å². The van der Waals surface area contributed by atoms with Crippen LogP contribution in [0.2, 0.25) is 10.0 Å². The minimum Gasteiger partial charge on any atom is -0.493 e. The molecule has 0 atom stereocenters. The second-order valence-corrected chi connectivity index (χ2v) is 8.83. The molecule has 3 amide bonds. The Kier molecular flexibility index (Phi) is 11.0. The van der Waals surface area contributed by atoms with Crippen molar-refractivity contribution in [3.05, 3.63) is 81.8 Å². The molecule has 0 radical (unpaired) electrons. The predicted octanol–water partition coefficient (Wildman–Crippen LogP) is 3.84. The second-order valence-electron chi connectivity index (χ2n) is 7.96. The number of halogens is 2. The van der Waals surface area contributed by atoms with Crippen molar-refractivity contribution in [1.29, 1.82) is 0 Å². The van der Waals surface area contributed by atoms with Gasteiger partial charge in [0.1, 0.15) is 5.75 Å². The number of carbonyl (C=O) groups excluding carboxylic acids is 3. The molecule has 10 nitrogen and oxygen atoms in total. The van der Waals surface area contributed by atoms with Gasteiger partial charge in [0.25, 0.3) is 5.91 Å². The van der Waals surface area contributed by atoms with Gasteiger partial charge < -0.3 is 24.8 Å². The highest BCUT2D eigenvalue weighted by molar-refractivity contribution is 6.35. The molecule has 0 aliphatic rings. The van der Waals surface area contributed by atoms with E-state index in [9.17, 15) is 14.4 Å². The molecule has 3 N–H and O–H groups in total. The highest BCUT2D eigenvalue weighted by atomic mass is 35.5. The van der Waals surface area contributed by atoms with Gasteiger partial charge in [0, 0.05) is 22.3 Å². The molecule has 39 heavy (non-hydrogen) atoms. The fraction of sp³-hybridized carbons (Fsp3) is 0.185. The lowest BCUT2D eigenvalue weighted by atomic mass is 10.1. The van der Waals surface area contributed by atoms with Crippen LogP contribution in [-0.2, 0) is 20.8 Å². The van der Waals surface area contributed by atoms with Gasteiger partial charge in [-0.15, -0.1) is 0 Å². The molecule has 0 spiro atoms. The van der Waals surface area contributed by atoms with Crippen LogP contribution in [0.5, 0.6) is 17.2 Å². The van der Waals surface area contributed by atoms with E-state index in [0.717, 1.165) is 5.56 Å². The molecule has 0 saturated heterocycles. The van der Waals surface area contributed by atoms with Gasteiger partial charge in [-0.25, -0.2) is 5.43 Å². The van der Waals surface area contributed by atoms with E-state index in [1.807, 2.05) is 6.07 Å². The highest BCUT2D eigenvalue weighted by Crippen LogP contribution is 2.27. The first kappa shape index (κ1) is 29.3. The lowest BCUT2D eigenvalue weighted by Gasteiger charge is -2.10. The molecule has 3 rings (SSSR count). The van der Waals surface area contributed by atoms with Crippen LogP contribution in [0.4, 0.5) is 5.69 Å². The van der Waals surface area contributed by atoms with Crippen LogP contribution in [0.25, 0.3) is 0 Å². The van der Waals surface area contributed by atoms with Crippen LogP contribution in [0, 0.1) is 0 Å². The number of ether oxygens (including phenoxy) is 3. The summed E-state index contributed by atoms with van der Waals surface area (Å²) in [5.41, 5.74) is 4.10. The summed E-state index contributed by atoms with van der Waals surface area (Å²) in [4.78, 5) is 36.3. The first-order valence-electron chi connectivity index (χ1n) is 11.6. The normalized spacial score (nSPS) is 10.6. The van der Waals surface area contributed by atoms with Gasteiger partial charge in [0.15, 0.2) is 18.1 Å². The smallest absolute Gasteiger partial charge is 0.329 e. The quantitative estimate of drug-likeness (QED) is 0.182. The van der Waals surface area contributed by atoms with Gasteiger partial charge in [0.05, 0.1) is 20.4 Å². The summed E-state index contributed by atoms with van der Waals surface area (Å²) >= 11 is 11.9. The SMILES string of the molecule is COc1ccc(CCNC(=O)C(=O)N/N=C\c2cccc(OCC(=O)Nc3cc(Cl)cc(Cl)c3)c2)cc1OC. The molecule has 12 heteroatoms. The largest absolute Gasteiger partial charge is 0.493 e. The molecule has 0 aromatic heterocycles. The Morgan fingerprint density at radius 2 is 1.64 bits per heavy atom. The Morgan fingerprint density at radius 1 is 0.897 bits per heavy atom. The van der Waals surface area contributed by atoms with E-state index in [1.165, 1.54) is 13.3 Å². The molecule has 0 unspecified atom stereocenters. The van der Waals surface area contributed by atoms with Crippen molar-refractivity contribution in [2.45, 2.75) is 6.42 Å². The van der Waals surface area contributed by atoms with Crippen molar-refractivity contribution in [3.63, 3.8) is 0 Å². The molecule has 3 aromatic carbocycles. The standard InChI is InChI=1S/C27H26Cl2N4O6/c1-37-23-7-6-17(11-24(23)38-2)8-9-30-26(35)27(36)33-31-15-18-4-3-5-22(10-18)39-16-25(34)32-21-13-19(28)12-20(29)14-21/h3-7,10-15H,8-9,16H2,1-2H3,(H,30,35)(H,32,34)(H,33,36)/b31-15-. The number of benzene rings is 3. The monoisotopic (exact) mass is 572 g/mol. The molecular formula is C27H26Cl2N4O6. The average molecular weight is 573 g/mol. The summed E-state index contributed by atoms with van der Waals surface area (Å²) in [6, 6.07) is 16.8. The molecule has 204 valence electrons. The van der Waals surface area contributed by atoms with Gasteiger partial charge in [-0.05, 0) is 60.0 Å². The lowest BCUT2D eigenvalue weighted by molar-refractivity contribution is -0.139. The van der Waals surface area contributed by atoms with Crippen LogP contribution >= 0.6 is 23.2 Å². The first-order chi connectivity index (χ1) is 18.8. The van der Waals surface area contributed by atoms with E-state index >= 15 is 0 Å². The minimum atomic E-state index is -0.913. The zero-order valence-corrected chi connectivity index (χ0v) is 22.6. The first-order valence-corrected chi connectivity index (χ1v) is 12.3. The van der Waals surface area contributed by atoms with Gasteiger partial charge in [-0.1, -0.05) is 41.4 Å². The number of rotatable bonds is 11. The van der Waals surface area contributed by atoms with Gasteiger partial charge >= 0.3 is 11.8 Å². The topological polar surface area (TPSA) is 127 Å². The van der Waals surface area contributed by atoms with Crippen LogP contribution < -0.4 is 30.3 Å². The summed E-state index contributed by atoms with van der Waals surface area (Å²) < 4.78 is 16.0. The average Bonchev–Trinajstić information content (AvgIpc) is 2.91. The predicted molar refractivity (Wildman–Crippen MR) is 149 cm³/mol. The van der Waals surface area contributed by atoms with E-state index in [-0.39, 0.29) is 13.2 Å². The Labute approximate surface area is 235 Å². The summed E-state index contributed by atoms with van der Waals surface area (Å²) in [6.45, 7) is -0.0201. The molecule has 0 bridgehead atoms. The van der Waals surface area contributed by atoms with E-state index in [1.54, 1.807) is 61.7 Å². The number of methoxy groups -OCH3 is 2. The highest BCUT2D eigenvalue weighted by Gasteiger charge is 2.12. The van der Waals surface area contributed by atoms with E-state index in [4.69, 9.17) is 37.4 Å². The number of anilines is 1. The Morgan fingerprint density at radius 3 is 2.36 bits per heavy atom. The number of hydrogen-bond acceptors (Lipinski definition) is 7. The molecule has 0 heterocycles. The van der Waals surface area contributed by atoms with Gasteiger partial charge in [-0.3, -0.25) is 14.4 Å². The fourth-order valence-corrected chi connectivity index (χ4v) is 3.84. The van der Waals surface area contributed by atoms with Crippen molar-refractivity contribution in [1.82, 2.24) is 10.7 Å². The summed E-state index contributed by atoms with van der Waals surface area (Å²) in [7, 11) is 3.09. The van der Waals surface area contributed by atoms with Crippen molar-refractivity contribution in [3.8, 4) is 17.2 Å². The Bertz CT molecular complexity index is 1350. The maximum absolute atomic E-state index is 12.2. The third-order valence-corrected chi connectivity index (χ3v) is 5.54. The van der Waals surface area contributed by atoms with E-state index < -0.39 is 17.7 Å². The van der Waals surface area contributed by atoms with Crippen molar-refractivity contribution >= 4 is 52.8 Å². The molecule has 0 aliphatic carbocycles. The molecule has 0 fully saturated rings. The minimum absolute atomic E-state index is 0.239. The molecule has 3 aromatic rings. The zero-order valence-electron chi connectivity index (χ0n) is 21.1. The van der Waals surface area contributed by atoms with E-state index in [0.29, 0.717) is 45.0 Å². The van der Waals surface area contributed by atoms with Crippen molar-refractivity contribution < 1.29 is 28.6 Å². The van der Waals surface area contributed by atoms with Crippen LogP contribution in [-0.4, -0.2) is 51.3 Å². The van der Waals surface area contributed by atoms with Crippen LogP contribution in [0.15, 0.2) is 65.8 Å². The summed E-state index contributed by atoms with van der Waals surface area (Å²) in [5, 5.41) is 9.77. The third-order valence-electron chi connectivity index (χ3n) is 5.11. The second kappa shape index (κ2) is 14.6. The summed E-state index contributed by atoms with van der Waals surface area (Å²) in [6.07, 6.45) is 1.83. The molecule has 0 aliphatic heterocycles. The fourth-order valence-electron chi connectivity index (χ4n) is 3.31. The molecule has 0 saturated carbocycles. The summed E-state index contributed by atoms with van der Waals surface area (Å²) in [5.74, 6) is -0.562. The zero-order chi connectivity index (χ0) is 28.2. The van der Waals surface area contributed by atoms with Gasteiger partial charge in [0.2, 0.25) is 0 Å². The van der Waals surface area contributed by atoms with Crippen LogP contribution in [0.3, 0.4) is 0 Å². The number of carbonyl (C=O) groups is 3. The molecular weight excluding hydrogens is 547 g/mol. The van der Waals surface area contributed by atoms with Crippen LogP contribution in [0.1, 0.15) is 11.1 Å². The number of nitrogens with one attached hydrogen (secondary N) is 3. The lowest BCUT2D eigenvalue weighted by Crippen LogP contribution is -2.38.